The highest BCUT2D eigenvalue weighted by atomic mass is 16.5. The lowest BCUT2D eigenvalue weighted by atomic mass is 9.93. The van der Waals surface area contributed by atoms with Crippen LogP contribution >= 0.6 is 0 Å². The minimum Gasteiger partial charge on any atom is -0.481 e. The number of carboxylic acid groups (broad SMARTS) is 1. The van der Waals surface area contributed by atoms with E-state index in [1.807, 2.05) is 24.3 Å². The molecule has 184 valence electrons. The summed E-state index contributed by atoms with van der Waals surface area (Å²) in [6.07, 6.45) is 7.31. The molecule has 1 atom stereocenters. The van der Waals surface area contributed by atoms with Crippen LogP contribution in [0.5, 0.6) is 0 Å². The predicted molar refractivity (Wildman–Crippen MR) is 133 cm³/mol. The highest BCUT2D eigenvalue weighted by Gasteiger charge is 2.29. The molecule has 7 nitrogen and oxygen atoms in total. The lowest BCUT2D eigenvalue weighted by Gasteiger charge is -2.16. The fraction of sp³-hybridized carbons (Fsp3) is 0.393. The van der Waals surface area contributed by atoms with Crippen molar-refractivity contribution >= 4 is 18.0 Å². The highest BCUT2D eigenvalue weighted by molar-refractivity contribution is 5.88. The first-order valence-electron chi connectivity index (χ1n) is 12.3. The minimum absolute atomic E-state index is 0.0131. The number of nitrogens with one attached hydrogen (secondary N) is 2. The van der Waals surface area contributed by atoms with Gasteiger partial charge in [-0.2, -0.15) is 0 Å². The number of hydrogen-bond donors (Lipinski definition) is 3. The Morgan fingerprint density at radius 1 is 0.971 bits per heavy atom. The molecule has 2 aromatic carbocycles. The van der Waals surface area contributed by atoms with Gasteiger partial charge in [-0.05, 0) is 34.6 Å². The molecule has 0 radical (unpaired) electrons. The van der Waals surface area contributed by atoms with Gasteiger partial charge in [-0.3, -0.25) is 9.59 Å². The Kier molecular flexibility index (Phi) is 8.19. The topological polar surface area (TPSA) is 105 Å². The molecule has 35 heavy (non-hydrogen) atoms. The Balaban J connectivity index is 1.18. The summed E-state index contributed by atoms with van der Waals surface area (Å²) in [5, 5.41) is 14.7. The summed E-state index contributed by atoms with van der Waals surface area (Å²) in [6.45, 7) is 0.463. The Morgan fingerprint density at radius 2 is 1.60 bits per heavy atom. The smallest absolute Gasteiger partial charge is 0.407 e. The van der Waals surface area contributed by atoms with Crippen LogP contribution in [-0.2, 0) is 14.3 Å². The van der Waals surface area contributed by atoms with E-state index < -0.39 is 18.0 Å². The number of amides is 2. The molecule has 1 saturated carbocycles. The molecule has 2 aliphatic carbocycles. The van der Waals surface area contributed by atoms with E-state index in [1.165, 1.54) is 23.3 Å². The van der Waals surface area contributed by atoms with Gasteiger partial charge in [0.1, 0.15) is 6.61 Å². The Morgan fingerprint density at radius 3 is 2.23 bits per heavy atom. The van der Waals surface area contributed by atoms with Crippen molar-refractivity contribution in [1.82, 2.24) is 10.6 Å². The van der Waals surface area contributed by atoms with Gasteiger partial charge in [0.15, 0.2) is 0 Å². The van der Waals surface area contributed by atoms with E-state index in [2.05, 4.69) is 34.9 Å². The number of fused-ring (bicyclic) bond motifs is 3. The van der Waals surface area contributed by atoms with Gasteiger partial charge in [0.2, 0.25) is 5.91 Å². The van der Waals surface area contributed by atoms with Crippen LogP contribution in [0.4, 0.5) is 4.79 Å². The Bertz CT molecular complexity index is 1040. The maximum atomic E-state index is 12.2. The average Bonchev–Trinajstić information content (AvgIpc) is 3.49. The fourth-order valence-corrected chi connectivity index (χ4v) is 5.16. The number of carbonyl (C=O) groups is 3. The molecule has 3 N–H and O–H groups in total. The van der Waals surface area contributed by atoms with E-state index in [0.29, 0.717) is 12.3 Å². The molecule has 1 fully saturated rings. The lowest BCUT2D eigenvalue weighted by molar-refractivity contribution is -0.142. The van der Waals surface area contributed by atoms with Crippen LogP contribution in [0.15, 0.2) is 60.7 Å². The zero-order valence-corrected chi connectivity index (χ0v) is 19.7. The number of carboxylic acids is 1. The standard InChI is InChI=1S/C28H32N2O5/c31-26(30-17-20(27(32)33)16-19-8-1-2-9-19)14-7-15-29-28(34)35-18-25-23-12-5-3-10-21(23)22-11-4-6-13-24(22)25/h3-7,10-14,19-20,25H,1-2,8-9,15-18H2,(H,29,34)(H,30,31)(H,32,33)/b14-7+. The van der Waals surface area contributed by atoms with Gasteiger partial charge in [0.25, 0.3) is 0 Å². The minimum atomic E-state index is -0.877. The van der Waals surface area contributed by atoms with Crippen LogP contribution in [0.2, 0.25) is 0 Å². The Labute approximate surface area is 205 Å². The van der Waals surface area contributed by atoms with Gasteiger partial charge < -0.3 is 20.5 Å². The summed E-state index contributed by atoms with van der Waals surface area (Å²) in [5.41, 5.74) is 4.62. The largest absolute Gasteiger partial charge is 0.481 e. The summed E-state index contributed by atoms with van der Waals surface area (Å²) in [7, 11) is 0. The number of ether oxygens (including phenoxy) is 1. The molecule has 4 rings (SSSR count). The monoisotopic (exact) mass is 476 g/mol. The van der Waals surface area contributed by atoms with E-state index in [9.17, 15) is 19.5 Å². The Hall–Kier alpha value is -3.61. The van der Waals surface area contributed by atoms with Gasteiger partial charge in [-0.15, -0.1) is 0 Å². The van der Waals surface area contributed by atoms with E-state index in [4.69, 9.17) is 4.74 Å². The molecule has 2 aliphatic rings. The summed E-state index contributed by atoms with van der Waals surface area (Å²) < 4.78 is 5.47. The SMILES string of the molecule is O=C(/C=C/CNC(=O)OCC1c2ccccc2-c2ccccc21)NCC(CC1CCCC1)C(=O)O. The van der Waals surface area contributed by atoms with Crippen molar-refractivity contribution in [3.63, 3.8) is 0 Å². The molecule has 7 heteroatoms. The first-order valence-corrected chi connectivity index (χ1v) is 12.3. The quantitative estimate of drug-likeness (QED) is 0.439. The van der Waals surface area contributed by atoms with Crippen LogP contribution in [0, 0.1) is 11.8 Å². The third-order valence-corrected chi connectivity index (χ3v) is 6.94. The highest BCUT2D eigenvalue weighted by Crippen LogP contribution is 2.44. The molecule has 0 aromatic heterocycles. The molecule has 0 spiro atoms. The summed E-state index contributed by atoms with van der Waals surface area (Å²) in [6, 6.07) is 16.3. The molecule has 1 unspecified atom stereocenters. The number of rotatable bonds is 10. The number of alkyl carbamates (subject to hydrolysis) is 1. The van der Waals surface area contributed by atoms with Crippen LogP contribution in [0.3, 0.4) is 0 Å². The number of hydrogen-bond acceptors (Lipinski definition) is 4. The zero-order chi connectivity index (χ0) is 24.6. The van der Waals surface area contributed by atoms with E-state index in [0.717, 1.165) is 36.8 Å². The van der Waals surface area contributed by atoms with E-state index >= 15 is 0 Å². The van der Waals surface area contributed by atoms with E-state index in [-0.39, 0.29) is 31.5 Å². The van der Waals surface area contributed by atoms with Crippen molar-refractivity contribution in [1.29, 1.82) is 0 Å². The van der Waals surface area contributed by atoms with Crippen molar-refractivity contribution in [2.45, 2.75) is 38.0 Å². The predicted octanol–water partition coefficient (Wildman–Crippen LogP) is 4.48. The number of benzene rings is 2. The maximum Gasteiger partial charge on any atom is 0.407 e. The lowest BCUT2D eigenvalue weighted by Crippen LogP contribution is -2.33. The average molecular weight is 477 g/mol. The molecule has 0 bridgehead atoms. The summed E-state index contributed by atoms with van der Waals surface area (Å²) in [5.74, 6) is -1.41. The van der Waals surface area contributed by atoms with Gasteiger partial charge in [-0.25, -0.2) is 4.79 Å². The van der Waals surface area contributed by atoms with Crippen molar-refractivity contribution in [2.75, 3.05) is 19.7 Å². The fourth-order valence-electron chi connectivity index (χ4n) is 5.16. The summed E-state index contributed by atoms with van der Waals surface area (Å²) in [4.78, 5) is 35.7. The van der Waals surface area contributed by atoms with Crippen LogP contribution in [0.25, 0.3) is 11.1 Å². The van der Waals surface area contributed by atoms with Crippen molar-refractivity contribution < 1.29 is 24.2 Å². The van der Waals surface area contributed by atoms with Gasteiger partial charge in [0, 0.05) is 25.1 Å². The normalized spacial score (nSPS) is 16.0. The third-order valence-electron chi connectivity index (χ3n) is 6.94. The van der Waals surface area contributed by atoms with Crippen LogP contribution in [-0.4, -0.2) is 42.8 Å². The molecule has 0 heterocycles. The second kappa shape index (κ2) is 11.7. The first kappa shape index (κ1) is 24.5. The second-order valence-corrected chi connectivity index (χ2v) is 9.28. The van der Waals surface area contributed by atoms with Gasteiger partial charge in [0.05, 0.1) is 5.92 Å². The van der Waals surface area contributed by atoms with Crippen LogP contribution in [0.1, 0.15) is 49.1 Å². The van der Waals surface area contributed by atoms with Crippen molar-refractivity contribution in [3.8, 4) is 11.1 Å². The molecule has 2 amide bonds. The molecular weight excluding hydrogens is 444 g/mol. The third kappa shape index (κ3) is 6.29. The molecule has 2 aromatic rings. The van der Waals surface area contributed by atoms with Crippen molar-refractivity contribution in [3.05, 3.63) is 71.8 Å². The second-order valence-electron chi connectivity index (χ2n) is 9.28. The number of carbonyl (C=O) groups excluding carboxylic acids is 2. The first-order chi connectivity index (χ1) is 17.0. The number of aliphatic carboxylic acids is 1. The summed E-state index contributed by atoms with van der Waals surface area (Å²) >= 11 is 0. The molecule has 0 aliphatic heterocycles. The molecular formula is C28H32N2O5. The van der Waals surface area contributed by atoms with Crippen molar-refractivity contribution in [2.24, 2.45) is 11.8 Å². The zero-order valence-electron chi connectivity index (χ0n) is 19.7. The van der Waals surface area contributed by atoms with E-state index in [1.54, 1.807) is 0 Å². The van der Waals surface area contributed by atoms with Gasteiger partial charge >= 0.3 is 12.1 Å². The van der Waals surface area contributed by atoms with Crippen LogP contribution < -0.4 is 10.6 Å². The maximum absolute atomic E-state index is 12.2. The molecule has 0 saturated heterocycles. The van der Waals surface area contributed by atoms with Gasteiger partial charge in [-0.1, -0.05) is 80.3 Å².